The van der Waals surface area contributed by atoms with Crippen LogP contribution in [0.3, 0.4) is 0 Å². The van der Waals surface area contributed by atoms with Gasteiger partial charge >= 0.3 is 11.6 Å². The molecule has 7 heteroatoms. The van der Waals surface area contributed by atoms with Crippen molar-refractivity contribution in [3.63, 3.8) is 0 Å². The smallest absolute Gasteiger partial charge is 0.302 e. The summed E-state index contributed by atoms with van der Waals surface area (Å²) in [7, 11) is 3.67. The third-order valence-corrected chi connectivity index (χ3v) is 3.71. The molecule has 0 saturated carbocycles. The zero-order valence-electron chi connectivity index (χ0n) is 13.4. The third-order valence-electron chi connectivity index (χ3n) is 3.71. The SMILES string of the molecule is CCOc1nc(=O)c2c(nc(CN(CC)CC)n2C)n1C. The Morgan fingerprint density at radius 1 is 1.10 bits per heavy atom. The Balaban J connectivity index is 2.57. The number of hydrogen-bond acceptors (Lipinski definition) is 5. The molecule has 0 aromatic carbocycles. The summed E-state index contributed by atoms with van der Waals surface area (Å²) in [4.78, 5) is 23.1. The fraction of sp³-hybridized carbons (Fsp3) is 0.643. The van der Waals surface area contributed by atoms with Gasteiger partial charge in [0.05, 0.1) is 13.2 Å². The van der Waals surface area contributed by atoms with Gasteiger partial charge in [-0.15, -0.1) is 0 Å². The molecule has 2 aromatic rings. The molecule has 7 nitrogen and oxygen atoms in total. The van der Waals surface area contributed by atoms with E-state index in [0.717, 1.165) is 18.9 Å². The van der Waals surface area contributed by atoms with E-state index in [1.807, 2.05) is 25.6 Å². The topological polar surface area (TPSA) is 65.2 Å². The predicted octanol–water partition coefficient (Wildman–Crippen LogP) is 0.907. The molecule has 0 amide bonds. The average Bonchev–Trinajstić information content (AvgIpc) is 2.80. The molecule has 0 N–H and O–H groups in total. The first kappa shape index (κ1) is 15.5. The normalized spacial score (nSPS) is 11.5. The van der Waals surface area contributed by atoms with E-state index in [9.17, 15) is 4.79 Å². The van der Waals surface area contributed by atoms with Crippen LogP contribution >= 0.6 is 0 Å². The lowest BCUT2D eigenvalue weighted by molar-refractivity contribution is 0.285. The number of ether oxygens (including phenoxy) is 1. The molecule has 0 saturated heterocycles. The van der Waals surface area contributed by atoms with Crippen LogP contribution in [0.15, 0.2) is 4.79 Å². The van der Waals surface area contributed by atoms with Crippen LogP contribution in [0.1, 0.15) is 26.6 Å². The molecule has 2 rings (SSSR count). The van der Waals surface area contributed by atoms with Crippen molar-refractivity contribution in [2.24, 2.45) is 14.1 Å². The van der Waals surface area contributed by atoms with Crippen molar-refractivity contribution in [3.8, 4) is 6.01 Å². The Hall–Kier alpha value is -1.89. The van der Waals surface area contributed by atoms with E-state index in [2.05, 4.69) is 28.7 Å². The minimum absolute atomic E-state index is 0.299. The fourth-order valence-corrected chi connectivity index (χ4v) is 2.35. The van der Waals surface area contributed by atoms with Gasteiger partial charge in [0.2, 0.25) is 0 Å². The molecule has 0 bridgehead atoms. The lowest BCUT2D eigenvalue weighted by atomic mass is 10.4. The van der Waals surface area contributed by atoms with Crippen molar-refractivity contribution < 1.29 is 4.74 Å². The number of hydrogen-bond donors (Lipinski definition) is 0. The van der Waals surface area contributed by atoms with Gasteiger partial charge in [0, 0.05) is 14.1 Å². The van der Waals surface area contributed by atoms with Crippen LogP contribution in [0.25, 0.3) is 11.2 Å². The lowest BCUT2D eigenvalue weighted by Crippen LogP contribution is -2.24. The van der Waals surface area contributed by atoms with E-state index in [4.69, 9.17) is 4.74 Å². The van der Waals surface area contributed by atoms with Crippen LogP contribution < -0.4 is 10.3 Å². The quantitative estimate of drug-likeness (QED) is 0.792. The van der Waals surface area contributed by atoms with Crippen LogP contribution in [0.2, 0.25) is 0 Å². The molecule has 21 heavy (non-hydrogen) atoms. The van der Waals surface area contributed by atoms with Gasteiger partial charge in [-0.1, -0.05) is 13.8 Å². The van der Waals surface area contributed by atoms with Gasteiger partial charge in [-0.2, -0.15) is 4.98 Å². The molecule has 0 aliphatic carbocycles. The van der Waals surface area contributed by atoms with Crippen molar-refractivity contribution in [1.82, 2.24) is 24.0 Å². The monoisotopic (exact) mass is 293 g/mol. The number of imidazole rings is 1. The molecule has 0 atom stereocenters. The summed E-state index contributed by atoms with van der Waals surface area (Å²) in [6.45, 7) is 9.14. The summed E-state index contributed by atoms with van der Waals surface area (Å²) in [5, 5.41) is 0. The van der Waals surface area contributed by atoms with Crippen molar-refractivity contribution in [3.05, 3.63) is 16.2 Å². The van der Waals surface area contributed by atoms with E-state index < -0.39 is 0 Å². The Kier molecular flexibility index (Phi) is 4.62. The fourth-order valence-electron chi connectivity index (χ4n) is 2.35. The average molecular weight is 293 g/mol. The molecule has 0 aliphatic heterocycles. The molecule has 0 fully saturated rings. The van der Waals surface area contributed by atoms with Gasteiger partial charge in [0.25, 0.3) is 0 Å². The Labute approximate surface area is 124 Å². The van der Waals surface area contributed by atoms with Crippen molar-refractivity contribution in [2.75, 3.05) is 19.7 Å². The second-order valence-corrected chi connectivity index (χ2v) is 4.91. The van der Waals surface area contributed by atoms with Crippen LogP contribution in [0.5, 0.6) is 6.01 Å². The van der Waals surface area contributed by atoms with Gasteiger partial charge in [0.1, 0.15) is 5.82 Å². The van der Waals surface area contributed by atoms with Crippen molar-refractivity contribution in [2.45, 2.75) is 27.3 Å². The minimum Gasteiger partial charge on any atom is -0.465 e. The summed E-state index contributed by atoms with van der Waals surface area (Å²) in [5.41, 5.74) is 0.832. The van der Waals surface area contributed by atoms with Crippen LogP contribution in [-0.4, -0.2) is 43.7 Å². The number of fused-ring (bicyclic) bond motifs is 1. The highest BCUT2D eigenvalue weighted by Gasteiger charge is 2.18. The molecule has 2 aromatic heterocycles. The second kappa shape index (κ2) is 6.26. The lowest BCUT2D eigenvalue weighted by Gasteiger charge is -2.17. The third kappa shape index (κ3) is 2.78. The maximum Gasteiger partial charge on any atom is 0.302 e. The van der Waals surface area contributed by atoms with Crippen LogP contribution in [0, 0.1) is 0 Å². The highest BCUT2D eigenvalue weighted by atomic mass is 16.5. The Morgan fingerprint density at radius 3 is 2.33 bits per heavy atom. The number of rotatable bonds is 6. The minimum atomic E-state index is -0.299. The molecule has 0 spiro atoms. The van der Waals surface area contributed by atoms with E-state index >= 15 is 0 Å². The first-order valence-electron chi connectivity index (χ1n) is 7.30. The standard InChI is InChI=1S/C14H23N5O2/c1-6-19(7-2)9-10-15-12-11(17(10)4)13(20)16-14(18(12)5)21-8-3/h6-9H2,1-5H3. The first-order valence-corrected chi connectivity index (χ1v) is 7.30. The van der Waals surface area contributed by atoms with Crippen molar-refractivity contribution in [1.29, 1.82) is 0 Å². The van der Waals surface area contributed by atoms with Gasteiger partial charge in [-0.3, -0.25) is 14.3 Å². The zero-order chi connectivity index (χ0) is 15.6. The summed E-state index contributed by atoms with van der Waals surface area (Å²) < 4.78 is 8.95. The van der Waals surface area contributed by atoms with Crippen LogP contribution in [-0.2, 0) is 20.6 Å². The van der Waals surface area contributed by atoms with Crippen LogP contribution in [0.4, 0.5) is 0 Å². The summed E-state index contributed by atoms with van der Waals surface area (Å²) in [5.74, 6) is 0.858. The Morgan fingerprint density at radius 2 is 1.76 bits per heavy atom. The maximum absolute atomic E-state index is 12.2. The van der Waals surface area contributed by atoms with Gasteiger partial charge < -0.3 is 9.30 Å². The predicted molar refractivity (Wildman–Crippen MR) is 81.5 cm³/mol. The molecule has 0 aliphatic rings. The number of nitrogens with zero attached hydrogens (tertiary/aromatic N) is 5. The zero-order valence-corrected chi connectivity index (χ0v) is 13.4. The number of aryl methyl sites for hydroxylation is 2. The Bertz CT molecular complexity index is 685. The van der Waals surface area contributed by atoms with E-state index in [1.54, 1.807) is 4.57 Å². The molecule has 2 heterocycles. The van der Waals surface area contributed by atoms with E-state index in [0.29, 0.717) is 30.3 Å². The second-order valence-electron chi connectivity index (χ2n) is 4.91. The molecular weight excluding hydrogens is 270 g/mol. The van der Waals surface area contributed by atoms with E-state index in [1.165, 1.54) is 0 Å². The molecule has 0 radical (unpaired) electrons. The highest BCUT2D eigenvalue weighted by Crippen LogP contribution is 2.16. The van der Waals surface area contributed by atoms with Gasteiger partial charge in [0.15, 0.2) is 11.2 Å². The molecule has 116 valence electrons. The van der Waals surface area contributed by atoms with Gasteiger partial charge in [-0.25, -0.2) is 4.98 Å². The molecule has 0 unspecified atom stereocenters. The summed E-state index contributed by atoms with van der Waals surface area (Å²) in [6.07, 6.45) is 0. The first-order chi connectivity index (χ1) is 10.0. The van der Waals surface area contributed by atoms with Gasteiger partial charge in [-0.05, 0) is 20.0 Å². The van der Waals surface area contributed by atoms with Crippen molar-refractivity contribution >= 4 is 11.2 Å². The summed E-state index contributed by atoms with van der Waals surface area (Å²) in [6, 6.07) is 0.308. The molecular formula is C14H23N5O2. The summed E-state index contributed by atoms with van der Waals surface area (Å²) >= 11 is 0. The highest BCUT2D eigenvalue weighted by molar-refractivity contribution is 5.71. The van der Waals surface area contributed by atoms with E-state index in [-0.39, 0.29) is 5.56 Å². The maximum atomic E-state index is 12.2. The number of aromatic nitrogens is 4. The largest absolute Gasteiger partial charge is 0.465 e.